The molecule has 0 bridgehead atoms. The lowest BCUT2D eigenvalue weighted by Crippen LogP contribution is -2.39. The van der Waals surface area contributed by atoms with Crippen molar-refractivity contribution in [1.82, 2.24) is 10.5 Å². The van der Waals surface area contributed by atoms with Gasteiger partial charge in [0.15, 0.2) is 9.84 Å². The average Bonchev–Trinajstić information content (AvgIpc) is 3.11. The molecule has 1 aliphatic rings. The number of aromatic nitrogens is 1. The molecule has 0 atom stereocenters. The van der Waals surface area contributed by atoms with Crippen LogP contribution in [-0.2, 0) is 20.8 Å². The largest absolute Gasteiger partial charge is 0.416 e. The zero-order valence-electron chi connectivity index (χ0n) is 16.9. The minimum absolute atomic E-state index is 0.0646. The van der Waals surface area contributed by atoms with Gasteiger partial charge in [0.25, 0.3) is 0 Å². The van der Waals surface area contributed by atoms with Gasteiger partial charge in [-0.05, 0) is 56.7 Å². The fourth-order valence-electron chi connectivity index (χ4n) is 3.65. The highest BCUT2D eigenvalue weighted by molar-refractivity contribution is 7.91. The number of amides is 1. The van der Waals surface area contributed by atoms with Gasteiger partial charge in [-0.15, -0.1) is 0 Å². The highest BCUT2D eigenvalue weighted by Gasteiger charge is 2.32. The van der Waals surface area contributed by atoms with Crippen molar-refractivity contribution in [2.24, 2.45) is 5.92 Å². The van der Waals surface area contributed by atoms with Crippen LogP contribution in [0.15, 0.2) is 39.8 Å². The molecule has 3 rings (SSSR count). The Morgan fingerprint density at radius 2 is 1.90 bits per heavy atom. The van der Waals surface area contributed by atoms with Crippen LogP contribution in [0.2, 0.25) is 0 Å². The van der Waals surface area contributed by atoms with Crippen molar-refractivity contribution in [2.75, 3.05) is 17.6 Å². The number of hydrogen-bond donors (Lipinski definition) is 2. The third-order valence-electron chi connectivity index (χ3n) is 5.26. The molecule has 1 heterocycles. The summed E-state index contributed by atoms with van der Waals surface area (Å²) in [6, 6.07) is 5.53. The van der Waals surface area contributed by atoms with E-state index in [1.165, 1.54) is 6.07 Å². The second-order valence-electron chi connectivity index (χ2n) is 7.79. The van der Waals surface area contributed by atoms with Crippen LogP contribution in [0.3, 0.4) is 0 Å². The van der Waals surface area contributed by atoms with E-state index in [1.807, 2.05) is 0 Å². The predicted molar refractivity (Wildman–Crippen MR) is 107 cm³/mol. The Morgan fingerprint density at radius 3 is 2.52 bits per heavy atom. The Balaban J connectivity index is 1.47. The van der Waals surface area contributed by atoms with E-state index in [9.17, 15) is 26.4 Å². The van der Waals surface area contributed by atoms with E-state index in [1.54, 1.807) is 13.0 Å². The standard InChI is InChI=1S/C20H24F3N3O4S/c1-13-9-19(30-26-13)25-18(27)11-24-16-7-5-14(6-8-16)12-31(28,29)17-4-2-3-15(10-17)20(21,22)23/h2-4,9-10,14,16,24H,5-8,11-12H2,1H3,(H,25,27)/t14-,16-. The molecule has 7 nitrogen and oxygen atoms in total. The summed E-state index contributed by atoms with van der Waals surface area (Å²) in [5.41, 5.74) is -0.318. The first-order chi connectivity index (χ1) is 14.5. The number of benzene rings is 1. The summed E-state index contributed by atoms with van der Waals surface area (Å²) in [5, 5.41) is 9.41. The van der Waals surface area contributed by atoms with E-state index in [4.69, 9.17) is 4.52 Å². The lowest BCUT2D eigenvalue weighted by Gasteiger charge is -2.29. The van der Waals surface area contributed by atoms with Crippen LogP contribution in [0.4, 0.5) is 19.1 Å². The number of sulfone groups is 1. The highest BCUT2D eigenvalue weighted by atomic mass is 32.2. The van der Waals surface area contributed by atoms with E-state index in [2.05, 4.69) is 15.8 Å². The number of alkyl halides is 3. The van der Waals surface area contributed by atoms with E-state index in [0.717, 1.165) is 12.1 Å². The maximum Gasteiger partial charge on any atom is 0.416 e. The summed E-state index contributed by atoms with van der Waals surface area (Å²) < 4.78 is 68.7. The van der Waals surface area contributed by atoms with Crippen LogP contribution < -0.4 is 10.6 Å². The van der Waals surface area contributed by atoms with E-state index in [-0.39, 0.29) is 40.9 Å². The van der Waals surface area contributed by atoms with Gasteiger partial charge in [-0.25, -0.2) is 8.42 Å². The fourth-order valence-corrected chi connectivity index (χ4v) is 5.39. The monoisotopic (exact) mass is 459 g/mol. The van der Waals surface area contributed by atoms with Crippen molar-refractivity contribution in [2.45, 2.75) is 49.7 Å². The summed E-state index contributed by atoms with van der Waals surface area (Å²) in [7, 11) is -3.82. The summed E-state index contributed by atoms with van der Waals surface area (Å²) in [5.74, 6) is -0.325. The molecule has 0 spiro atoms. The number of aryl methyl sites for hydroxylation is 1. The minimum Gasteiger partial charge on any atom is -0.338 e. The van der Waals surface area contributed by atoms with Gasteiger partial charge in [0.1, 0.15) is 0 Å². The first-order valence-corrected chi connectivity index (χ1v) is 11.5. The van der Waals surface area contributed by atoms with Crippen molar-refractivity contribution >= 4 is 21.6 Å². The maximum absolute atomic E-state index is 12.9. The minimum atomic E-state index is -4.59. The molecule has 1 saturated carbocycles. The van der Waals surface area contributed by atoms with Crippen LogP contribution in [0.5, 0.6) is 0 Å². The summed E-state index contributed by atoms with van der Waals surface area (Å²) in [4.78, 5) is 11.6. The van der Waals surface area contributed by atoms with E-state index in [0.29, 0.717) is 37.4 Å². The smallest absolute Gasteiger partial charge is 0.338 e. The zero-order valence-corrected chi connectivity index (χ0v) is 17.7. The third kappa shape index (κ3) is 6.54. The van der Waals surface area contributed by atoms with Gasteiger partial charge in [-0.2, -0.15) is 13.2 Å². The van der Waals surface area contributed by atoms with Gasteiger partial charge >= 0.3 is 6.18 Å². The Hall–Kier alpha value is -2.40. The molecule has 1 aromatic heterocycles. The molecule has 31 heavy (non-hydrogen) atoms. The number of hydrogen-bond acceptors (Lipinski definition) is 6. The summed E-state index contributed by atoms with van der Waals surface area (Å²) in [6.45, 7) is 1.82. The molecule has 1 aliphatic carbocycles. The predicted octanol–water partition coefficient (Wildman–Crippen LogP) is 3.56. The average molecular weight is 459 g/mol. The van der Waals surface area contributed by atoms with Gasteiger partial charge in [-0.1, -0.05) is 11.2 Å². The van der Waals surface area contributed by atoms with Crippen molar-refractivity contribution in [1.29, 1.82) is 0 Å². The molecule has 0 saturated heterocycles. The third-order valence-corrected chi connectivity index (χ3v) is 7.15. The van der Waals surface area contributed by atoms with Crippen molar-refractivity contribution in [3.05, 3.63) is 41.6 Å². The molecular formula is C20H24F3N3O4S. The molecule has 1 aromatic carbocycles. The topological polar surface area (TPSA) is 101 Å². The molecule has 0 unspecified atom stereocenters. The van der Waals surface area contributed by atoms with Crippen LogP contribution in [0.1, 0.15) is 36.9 Å². The van der Waals surface area contributed by atoms with Crippen molar-refractivity contribution in [3.8, 4) is 0 Å². The summed E-state index contributed by atoms with van der Waals surface area (Å²) >= 11 is 0. The lowest BCUT2D eigenvalue weighted by atomic mass is 9.87. The van der Waals surface area contributed by atoms with Gasteiger partial charge in [-0.3, -0.25) is 10.1 Å². The van der Waals surface area contributed by atoms with E-state index < -0.39 is 21.6 Å². The lowest BCUT2D eigenvalue weighted by molar-refractivity contribution is -0.137. The first-order valence-electron chi connectivity index (χ1n) is 9.89. The Morgan fingerprint density at radius 1 is 1.19 bits per heavy atom. The molecule has 0 aliphatic heterocycles. The molecule has 1 amide bonds. The van der Waals surface area contributed by atoms with Gasteiger partial charge in [0.05, 0.1) is 28.5 Å². The zero-order chi connectivity index (χ0) is 22.6. The molecule has 11 heteroatoms. The van der Waals surface area contributed by atoms with Gasteiger partial charge < -0.3 is 9.84 Å². The molecule has 0 radical (unpaired) electrons. The number of anilines is 1. The number of rotatable bonds is 7. The Bertz CT molecular complexity index is 1010. The van der Waals surface area contributed by atoms with Crippen LogP contribution in [-0.4, -0.2) is 37.8 Å². The van der Waals surface area contributed by atoms with Crippen LogP contribution >= 0.6 is 0 Å². The molecule has 1 fully saturated rings. The number of nitrogens with zero attached hydrogens (tertiary/aromatic N) is 1. The highest BCUT2D eigenvalue weighted by Crippen LogP contribution is 2.32. The van der Waals surface area contributed by atoms with E-state index >= 15 is 0 Å². The van der Waals surface area contributed by atoms with Crippen LogP contribution in [0.25, 0.3) is 0 Å². The molecule has 170 valence electrons. The van der Waals surface area contributed by atoms with Gasteiger partial charge in [0.2, 0.25) is 11.8 Å². The molecule has 2 aromatic rings. The first kappa shape index (κ1) is 23.3. The van der Waals surface area contributed by atoms with Crippen molar-refractivity contribution < 1.29 is 30.9 Å². The second kappa shape index (κ2) is 9.39. The number of carbonyl (C=O) groups excluding carboxylic acids is 1. The second-order valence-corrected chi connectivity index (χ2v) is 9.82. The summed E-state index contributed by atoms with van der Waals surface area (Å²) in [6.07, 6.45) is -2.01. The number of halogens is 3. The normalized spacial score (nSPS) is 19.9. The van der Waals surface area contributed by atoms with Gasteiger partial charge in [0, 0.05) is 12.1 Å². The maximum atomic E-state index is 12.9. The Labute approximate surface area is 178 Å². The van der Waals surface area contributed by atoms with Crippen LogP contribution in [0, 0.1) is 12.8 Å². The number of carbonyl (C=O) groups is 1. The van der Waals surface area contributed by atoms with Crippen molar-refractivity contribution in [3.63, 3.8) is 0 Å². The quantitative estimate of drug-likeness (QED) is 0.657. The molecule has 2 N–H and O–H groups in total. The molecular weight excluding hydrogens is 435 g/mol. The Kier molecular flexibility index (Phi) is 7.05. The SMILES string of the molecule is Cc1cc(NC(=O)CN[C@H]2CC[C@H](CS(=O)(=O)c3cccc(C(F)(F)F)c3)CC2)on1. The number of nitrogens with one attached hydrogen (secondary N) is 2. The fraction of sp³-hybridized carbons (Fsp3) is 0.500.